The Kier molecular flexibility index (Phi) is 5.09. The number of carbonyl (C=O) groups excluding carboxylic acids is 1. The van der Waals surface area contributed by atoms with Crippen molar-refractivity contribution in [3.63, 3.8) is 0 Å². The highest BCUT2D eigenvalue weighted by Gasteiger charge is 2.24. The van der Waals surface area contributed by atoms with Crippen molar-refractivity contribution in [2.45, 2.75) is 26.3 Å². The van der Waals surface area contributed by atoms with Gasteiger partial charge in [-0.2, -0.15) is 13.1 Å². The summed E-state index contributed by atoms with van der Waals surface area (Å²) in [5, 5.41) is 13.5. The lowest BCUT2D eigenvalue weighted by Crippen LogP contribution is -2.48. The lowest BCUT2D eigenvalue weighted by Gasteiger charge is -2.20. The van der Waals surface area contributed by atoms with Gasteiger partial charge in [0.1, 0.15) is 5.69 Å². The van der Waals surface area contributed by atoms with Crippen molar-refractivity contribution < 1.29 is 18.1 Å². The maximum atomic E-state index is 11.9. The van der Waals surface area contributed by atoms with Crippen LogP contribution in [0.4, 0.5) is 11.4 Å². The van der Waals surface area contributed by atoms with Crippen LogP contribution in [0.15, 0.2) is 18.2 Å². The highest BCUT2D eigenvalue weighted by Crippen LogP contribution is 2.25. The van der Waals surface area contributed by atoms with Crippen molar-refractivity contribution in [1.29, 1.82) is 0 Å². The van der Waals surface area contributed by atoms with Crippen LogP contribution in [0.3, 0.4) is 0 Å². The van der Waals surface area contributed by atoms with E-state index in [0.717, 1.165) is 6.07 Å². The molecule has 10 heteroatoms. The number of amides is 1. The molecule has 3 N–H and O–H groups in total. The summed E-state index contributed by atoms with van der Waals surface area (Å²) in [6, 6.07) is 3.63. The Balaban J connectivity index is 3.05. The second kappa shape index (κ2) is 6.28. The number of nitrogens with one attached hydrogen (secondary N) is 3. The molecule has 0 saturated heterocycles. The van der Waals surface area contributed by atoms with Gasteiger partial charge in [-0.3, -0.25) is 14.9 Å². The van der Waals surface area contributed by atoms with Gasteiger partial charge in [-0.05, 0) is 32.9 Å². The van der Waals surface area contributed by atoms with Crippen molar-refractivity contribution >= 4 is 27.5 Å². The Bertz CT molecular complexity index is 694. The van der Waals surface area contributed by atoms with Gasteiger partial charge in [0.05, 0.1) is 4.92 Å². The minimum atomic E-state index is -4.07. The van der Waals surface area contributed by atoms with Gasteiger partial charge in [0.2, 0.25) is 0 Å². The van der Waals surface area contributed by atoms with Gasteiger partial charge >= 0.3 is 10.2 Å². The molecule has 1 aromatic carbocycles. The molecule has 22 heavy (non-hydrogen) atoms. The molecule has 0 heterocycles. The van der Waals surface area contributed by atoms with Crippen LogP contribution in [0.25, 0.3) is 0 Å². The van der Waals surface area contributed by atoms with Gasteiger partial charge < -0.3 is 5.32 Å². The average Bonchev–Trinajstić information content (AvgIpc) is 2.34. The summed E-state index contributed by atoms with van der Waals surface area (Å²) in [5.74, 6) is -0.956. The molecule has 0 radical (unpaired) electrons. The zero-order valence-electron chi connectivity index (χ0n) is 12.6. The maximum Gasteiger partial charge on any atom is 0.302 e. The molecule has 0 aromatic heterocycles. The standard InChI is InChI=1S/C12H18N4O5S/c1-12(2,3)15-22(20,21)14-11(17)8-5-6-9(13-4)10(7-8)16(18)19/h5-7,13,15H,1-4H3,(H,14,17). The van der Waals surface area contributed by atoms with Gasteiger partial charge in [-0.1, -0.05) is 0 Å². The highest BCUT2D eigenvalue weighted by molar-refractivity contribution is 7.88. The molecule has 0 spiro atoms. The summed E-state index contributed by atoms with van der Waals surface area (Å²) >= 11 is 0. The van der Waals surface area contributed by atoms with Crippen LogP contribution < -0.4 is 14.8 Å². The molecule has 0 bridgehead atoms. The molecule has 0 unspecified atom stereocenters. The van der Waals surface area contributed by atoms with Gasteiger partial charge in [-0.15, -0.1) is 0 Å². The third-order valence-corrected chi connectivity index (χ3v) is 3.73. The molecule has 1 amide bonds. The molecular formula is C12H18N4O5S. The van der Waals surface area contributed by atoms with E-state index in [9.17, 15) is 23.3 Å². The van der Waals surface area contributed by atoms with Gasteiger partial charge in [0, 0.05) is 24.2 Å². The Hall–Kier alpha value is -2.20. The first-order valence-corrected chi connectivity index (χ1v) is 7.76. The average molecular weight is 330 g/mol. The zero-order chi connectivity index (χ0) is 17.1. The molecule has 0 atom stereocenters. The summed E-state index contributed by atoms with van der Waals surface area (Å²) < 4.78 is 27.6. The number of nitro benzene ring substituents is 1. The predicted octanol–water partition coefficient (Wildman–Crippen LogP) is 0.999. The summed E-state index contributed by atoms with van der Waals surface area (Å²) in [6.07, 6.45) is 0. The summed E-state index contributed by atoms with van der Waals surface area (Å²) in [7, 11) is -2.57. The smallest absolute Gasteiger partial charge is 0.302 e. The molecule has 1 aromatic rings. The number of nitro groups is 1. The van der Waals surface area contributed by atoms with Crippen molar-refractivity contribution in [1.82, 2.24) is 9.44 Å². The maximum absolute atomic E-state index is 11.9. The third-order valence-electron chi connectivity index (χ3n) is 2.39. The molecule has 0 aliphatic carbocycles. The first kappa shape index (κ1) is 17.9. The number of nitrogens with zero attached hydrogens (tertiary/aromatic N) is 1. The van der Waals surface area contributed by atoms with E-state index in [2.05, 4.69) is 10.0 Å². The van der Waals surface area contributed by atoms with Gasteiger partial charge in [0.15, 0.2) is 0 Å². The molecule has 0 aliphatic heterocycles. The number of anilines is 1. The van der Waals surface area contributed by atoms with Crippen molar-refractivity contribution in [3.8, 4) is 0 Å². The van der Waals surface area contributed by atoms with E-state index < -0.39 is 26.6 Å². The Morgan fingerprint density at radius 1 is 1.27 bits per heavy atom. The Morgan fingerprint density at radius 2 is 1.86 bits per heavy atom. The highest BCUT2D eigenvalue weighted by atomic mass is 32.2. The number of hydrogen-bond acceptors (Lipinski definition) is 6. The lowest BCUT2D eigenvalue weighted by atomic mass is 10.1. The fourth-order valence-corrected chi connectivity index (χ4v) is 2.86. The van der Waals surface area contributed by atoms with Gasteiger partial charge in [0.25, 0.3) is 11.6 Å². The molecule has 122 valence electrons. The predicted molar refractivity (Wildman–Crippen MR) is 81.9 cm³/mol. The van der Waals surface area contributed by atoms with Crippen LogP contribution >= 0.6 is 0 Å². The first-order chi connectivity index (χ1) is 9.95. The normalized spacial score (nSPS) is 11.8. The Labute approximate surface area is 128 Å². The van der Waals surface area contributed by atoms with E-state index in [0.29, 0.717) is 0 Å². The SMILES string of the molecule is CNc1ccc(C(=O)NS(=O)(=O)NC(C)(C)C)cc1[N+](=O)[O-]. The topological polar surface area (TPSA) is 130 Å². The molecule has 0 saturated carbocycles. The van der Waals surface area contributed by atoms with Crippen LogP contribution in [0, 0.1) is 10.1 Å². The number of hydrogen-bond donors (Lipinski definition) is 3. The van der Waals surface area contributed by atoms with E-state index in [-0.39, 0.29) is 16.9 Å². The fraction of sp³-hybridized carbons (Fsp3) is 0.417. The molecule has 0 fully saturated rings. The van der Waals surface area contributed by atoms with Crippen LogP contribution in [-0.2, 0) is 10.2 Å². The second-order valence-electron chi connectivity index (χ2n) is 5.53. The van der Waals surface area contributed by atoms with Crippen LogP contribution in [0.2, 0.25) is 0 Å². The minimum Gasteiger partial charge on any atom is -0.383 e. The second-order valence-corrected chi connectivity index (χ2v) is 6.94. The fourth-order valence-electron chi connectivity index (χ4n) is 1.64. The monoisotopic (exact) mass is 330 g/mol. The minimum absolute atomic E-state index is 0.134. The van der Waals surface area contributed by atoms with Gasteiger partial charge in [-0.25, -0.2) is 4.72 Å². The van der Waals surface area contributed by atoms with Crippen LogP contribution in [0.1, 0.15) is 31.1 Å². The van der Waals surface area contributed by atoms with E-state index >= 15 is 0 Å². The van der Waals surface area contributed by atoms with Crippen LogP contribution in [0.5, 0.6) is 0 Å². The molecule has 0 aliphatic rings. The van der Waals surface area contributed by atoms with E-state index in [1.165, 1.54) is 19.2 Å². The zero-order valence-corrected chi connectivity index (χ0v) is 13.4. The molecule has 9 nitrogen and oxygen atoms in total. The molecule has 1 rings (SSSR count). The third kappa shape index (κ3) is 4.97. The van der Waals surface area contributed by atoms with E-state index in [4.69, 9.17) is 0 Å². The van der Waals surface area contributed by atoms with Crippen molar-refractivity contribution in [3.05, 3.63) is 33.9 Å². The number of carbonyl (C=O) groups is 1. The summed E-state index contributed by atoms with van der Waals surface area (Å²) in [5.41, 5.74) is -1.01. The Morgan fingerprint density at radius 3 is 2.32 bits per heavy atom. The summed E-state index contributed by atoms with van der Waals surface area (Å²) in [6.45, 7) is 4.84. The number of rotatable bonds is 5. The molecular weight excluding hydrogens is 312 g/mol. The number of benzene rings is 1. The van der Waals surface area contributed by atoms with Crippen molar-refractivity contribution in [2.24, 2.45) is 0 Å². The van der Waals surface area contributed by atoms with E-state index in [1.54, 1.807) is 20.8 Å². The summed E-state index contributed by atoms with van der Waals surface area (Å²) in [4.78, 5) is 22.2. The quantitative estimate of drug-likeness (QED) is 0.545. The largest absolute Gasteiger partial charge is 0.383 e. The van der Waals surface area contributed by atoms with E-state index in [1.807, 2.05) is 4.72 Å². The van der Waals surface area contributed by atoms with Crippen molar-refractivity contribution in [2.75, 3.05) is 12.4 Å². The lowest BCUT2D eigenvalue weighted by molar-refractivity contribution is -0.384. The first-order valence-electron chi connectivity index (χ1n) is 6.27. The van der Waals surface area contributed by atoms with Crippen LogP contribution in [-0.4, -0.2) is 31.8 Å².